The number of hydrogen-bond acceptors (Lipinski definition) is 1. The molecule has 1 aromatic rings. The smallest absolute Gasteiger partial charge is 0.137 e. The Balaban J connectivity index is 2.99. The molecule has 1 nitrogen and oxygen atoms in total. The molecule has 1 aromatic carbocycles. The van der Waals surface area contributed by atoms with Crippen LogP contribution in [0.2, 0.25) is 0 Å². The summed E-state index contributed by atoms with van der Waals surface area (Å²) in [7, 11) is 0. The molecule has 0 amide bonds. The highest BCUT2D eigenvalue weighted by Gasteiger charge is 2.20. The first-order valence-electron chi connectivity index (χ1n) is 6.32. The first-order chi connectivity index (χ1) is 8.13. The lowest BCUT2D eigenvalue weighted by Gasteiger charge is -2.26. The van der Waals surface area contributed by atoms with E-state index < -0.39 is 0 Å². The highest BCUT2D eigenvalue weighted by Crippen LogP contribution is 2.29. The van der Waals surface area contributed by atoms with Gasteiger partial charge in [0.1, 0.15) is 5.82 Å². The molecule has 0 saturated carbocycles. The molecule has 0 radical (unpaired) electrons. The number of nitrogens with one attached hydrogen (secondary N) is 1. The summed E-state index contributed by atoms with van der Waals surface area (Å²) in [6, 6.07) is 5.67. The van der Waals surface area contributed by atoms with E-state index in [2.05, 4.69) is 42.0 Å². The molecule has 96 valence electrons. The van der Waals surface area contributed by atoms with Crippen LogP contribution in [-0.4, -0.2) is 6.54 Å². The Hall–Kier alpha value is -0.410. The normalized spacial score (nSPS) is 13.1. The minimum Gasteiger partial charge on any atom is -0.310 e. The summed E-state index contributed by atoms with van der Waals surface area (Å²) in [6.07, 6.45) is 2.21. The molecule has 0 aliphatic carbocycles. The second kappa shape index (κ2) is 7.12. The van der Waals surface area contributed by atoms with E-state index in [-0.39, 0.29) is 11.9 Å². The third kappa shape index (κ3) is 3.78. The van der Waals surface area contributed by atoms with Crippen LogP contribution >= 0.6 is 15.9 Å². The Morgan fingerprint density at radius 2 is 1.88 bits per heavy atom. The predicted octanol–water partition coefficient (Wildman–Crippen LogP) is 4.68. The monoisotopic (exact) mass is 301 g/mol. The lowest BCUT2D eigenvalue weighted by atomic mass is 9.89. The Labute approximate surface area is 112 Å². The van der Waals surface area contributed by atoms with E-state index in [4.69, 9.17) is 0 Å². The number of rotatable bonds is 6. The fourth-order valence-corrected chi connectivity index (χ4v) is 2.49. The van der Waals surface area contributed by atoms with Crippen molar-refractivity contribution in [1.82, 2.24) is 5.32 Å². The summed E-state index contributed by atoms with van der Waals surface area (Å²) in [5, 5.41) is 3.47. The highest BCUT2D eigenvalue weighted by atomic mass is 79.9. The number of halogens is 2. The molecule has 0 fully saturated rings. The minimum atomic E-state index is -0.184. The van der Waals surface area contributed by atoms with Gasteiger partial charge in [0.15, 0.2) is 0 Å². The minimum absolute atomic E-state index is 0.184. The predicted molar refractivity (Wildman–Crippen MR) is 74.6 cm³/mol. The van der Waals surface area contributed by atoms with Gasteiger partial charge < -0.3 is 5.32 Å². The van der Waals surface area contributed by atoms with E-state index in [0.29, 0.717) is 10.4 Å². The van der Waals surface area contributed by atoms with Crippen molar-refractivity contribution < 1.29 is 4.39 Å². The Kier molecular flexibility index (Phi) is 6.14. The van der Waals surface area contributed by atoms with Crippen LogP contribution in [0.1, 0.15) is 45.2 Å². The largest absolute Gasteiger partial charge is 0.310 e. The summed E-state index contributed by atoms with van der Waals surface area (Å²) >= 11 is 3.19. The van der Waals surface area contributed by atoms with Crippen LogP contribution in [0.25, 0.3) is 0 Å². The van der Waals surface area contributed by atoms with Gasteiger partial charge in [0.05, 0.1) is 4.47 Å². The molecule has 0 saturated heterocycles. The second-order valence-corrected chi connectivity index (χ2v) is 5.14. The second-order valence-electron chi connectivity index (χ2n) is 4.29. The lowest BCUT2D eigenvalue weighted by Crippen LogP contribution is -2.27. The average Bonchev–Trinajstić information content (AvgIpc) is 2.33. The standard InChI is InChI=1S/C14H21BrFN/c1-4-10(5-2)14(17-6-3)11-7-8-12(15)13(16)9-11/h7-10,14,17H,4-6H2,1-3H3. The van der Waals surface area contributed by atoms with E-state index in [0.717, 1.165) is 24.9 Å². The van der Waals surface area contributed by atoms with Gasteiger partial charge in [0, 0.05) is 6.04 Å². The molecule has 0 spiro atoms. The van der Waals surface area contributed by atoms with Gasteiger partial charge in [-0.3, -0.25) is 0 Å². The molecule has 0 bridgehead atoms. The topological polar surface area (TPSA) is 12.0 Å². The Morgan fingerprint density at radius 1 is 1.24 bits per heavy atom. The molecule has 17 heavy (non-hydrogen) atoms. The van der Waals surface area contributed by atoms with Crippen molar-refractivity contribution in [2.24, 2.45) is 5.92 Å². The molecular formula is C14H21BrFN. The first kappa shape index (κ1) is 14.7. The van der Waals surface area contributed by atoms with Crippen LogP contribution in [0.5, 0.6) is 0 Å². The van der Waals surface area contributed by atoms with E-state index in [1.807, 2.05) is 6.07 Å². The van der Waals surface area contributed by atoms with Crippen molar-refractivity contribution >= 4 is 15.9 Å². The Bertz CT molecular complexity index is 350. The van der Waals surface area contributed by atoms with Gasteiger partial charge in [-0.05, 0) is 46.1 Å². The number of benzene rings is 1. The van der Waals surface area contributed by atoms with Crippen molar-refractivity contribution in [1.29, 1.82) is 0 Å². The summed E-state index contributed by atoms with van der Waals surface area (Å²) in [5.41, 5.74) is 1.04. The van der Waals surface area contributed by atoms with Crippen molar-refractivity contribution in [3.63, 3.8) is 0 Å². The molecule has 1 rings (SSSR count). The van der Waals surface area contributed by atoms with Gasteiger partial charge >= 0.3 is 0 Å². The first-order valence-corrected chi connectivity index (χ1v) is 7.11. The maximum atomic E-state index is 13.6. The van der Waals surface area contributed by atoms with Crippen LogP contribution in [-0.2, 0) is 0 Å². The van der Waals surface area contributed by atoms with E-state index in [1.165, 1.54) is 0 Å². The van der Waals surface area contributed by atoms with Gasteiger partial charge in [-0.1, -0.05) is 39.7 Å². The zero-order chi connectivity index (χ0) is 12.8. The van der Waals surface area contributed by atoms with Crippen LogP contribution in [0.4, 0.5) is 4.39 Å². The Morgan fingerprint density at radius 3 is 2.35 bits per heavy atom. The summed E-state index contributed by atoms with van der Waals surface area (Å²) in [4.78, 5) is 0. The van der Waals surface area contributed by atoms with Crippen molar-refractivity contribution in [3.8, 4) is 0 Å². The lowest BCUT2D eigenvalue weighted by molar-refractivity contribution is 0.345. The number of hydrogen-bond donors (Lipinski definition) is 1. The SMILES string of the molecule is CCNC(c1ccc(Br)c(F)c1)C(CC)CC. The highest BCUT2D eigenvalue weighted by molar-refractivity contribution is 9.10. The van der Waals surface area contributed by atoms with E-state index in [9.17, 15) is 4.39 Å². The van der Waals surface area contributed by atoms with Crippen molar-refractivity contribution in [3.05, 3.63) is 34.1 Å². The molecule has 0 heterocycles. The molecule has 1 unspecified atom stereocenters. The zero-order valence-electron chi connectivity index (χ0n) is 10.8. The molecule has 0 aliphatic heterocycles. The van der Waals surface area contributed by atoms with Crippen molar-refractivity contribution in [2.45, 2.75) is 39.7 Å². The van der Waals surface area contributed by atoms with Gasteiger partial charge in [0.2, 0.25) is 0 Å². The summed E-state index contributed by atoms with van der Waals surface area (Å²) < 4.78 is 14.1. The molecule has 0 aromatic heterocycles. The maximum Gasteiger partial charge on any atom is 0.137 e. The fourth-order valence-electron chi connectivity index (χ4n) is 2.24. The van der Waals surface area contributed by atoms with Crippen LogP contribution in [0.3, 0.4) is 0 Å². The van der Waals surface area contributed by atoms with Crippen LogP contribution in [0, 0.1) is 11.7 Å². The van der Waals surface area contributed by atoms with Gasteiger partial charge in [0.25, 0.3) is 0 Å². The van der Waals surface area contributed by atoms with E-state index in [1.54, 1.807) is 12.1 Å². The third-order valence-corrected chi connectivity index (χ3v) is 3.89. The fraction of sp³-hybridized carbons (Fsp3) is 0.571. The van der Waals surface area contributed by atoms with Crippen molar-refractivity contribution in [2.75, 3.05) is 6.54 Å². The van der Waals surface area contributed by atoms with Gasteiger partial charge in [-0.2, -0.15) is 0 Å². The molecule has 0 aliphatic rings. The van der Waals surface area contributed by atoms with Gasteiger partial charge in [-0.15, -0.1) is 0 Å². The van der Waals surface area contributed by atoms with Gasteiger partial charge in [-0.25, -0.2) is 4.39 Å². The molecule has 1 atom stereocenters. The summed E-state index contributed by atoms with van der Waals surface area (Å²) in [6.45, 7) is 7.37. The van der Waals surface area contributed by atoms with Crippen LogP contribution < -0.4 is 5.32 Å². The molecule has 1 N–H and O–H groups in total. The third-order valence-electron chi connectivity index (χ3n) is 3.25. The summed E-state index contributed by atoms with van der Waals surface area (Å²) in [5.74, 6) is 0.367. The average molecular weight is 302 g/mol. The molecular weight excluding hydrogens is 281 g/mol. The molecule has 3 heteroatoms. The van der Waals surface area contributed by atoms with Crippen LogP contribution in [0.15, 0.2) is 22.7 Å². The zero-order valence-corrected chi connectivity index (χ0v) is 12.3. The maximum absolute atomic E-state index is 13.6. The quantitative estimate of drug-likeness (QED) is 0.805. The van der Waals surface area contributed by atoms with E-state index >= 15 is 0 Å².